The van der Waals surface area contributed by atoms with Gasteiger partial charge in [-0.2, -0.15) is 0 Å². The zero-order chi connectivity index (χ0) is 16.5. The van der Waals surface area contributed by atoms with Gasteiger partial charge in [-0.1, -0.05) is 38.0 Å². The molecule has 0 aromatic carbocycles. The van der Waals surface area contributed by atoms with E-state index in [0.717, 1.165) is 24.8 Å². The Labute approximate surface area is 138 Å². The average Bonchev–Trinajstić information content (AvgIpc) is 2.80. The lowest BCUT2D eigenvalue weighted by atomic mass is 9.49. The normalized spacial score (nSPS) is 50.6. The molecular weight excluding hydrogens is 284 g/mol. The largest absolute Gasteiger partial charge is 0.377 e. The number of hydrogen-bond acceptors (Lipinski definition) is 2. The van der Waals surface area contributed by atoms with Crippen molar-refractivity contribution < 1.29 is 9.90 Å². The van der Waals surface area contributed by atoms with E-state index in [1.54, 1.807) is 12.2 Å². The first-order valence-corrected chi connectivity index (χ1v) is 8.68. The molecule has 2 heteroatoms. The van der Waals surface area contributed by atoms with Crippen LogP contribution < -0.4 is 0 Å². The Bertz CT molecular complexity index is 706. The second kappa shape index (κ2) is 4.48. The Hall–Kier alpha value is -1.59. The van der Waals surface area contributed by atoms with Gasteiger partial charge in [-0.15, -0.1) is 6.42 Å². The fourth-order valence-corrected chi connectivity index (χ4v) is 5.91. The van der Waals surface area contributed by atoms with Crippen LogP contribution >= 0.6 is 0 Å². The lowest BCUT2D eigenvalue weighted by Crippen LogP contribution is -2.52. The second-order valence-corrected chi connectivity index (χ2v) is 8.27. The molecule has 1 N–H and O–H groups in total. The van der Waals surface area contributed by atoms with Crippen molar-refractivity contribution in [3.05, 3.63) is 36.0 Å². The van der Waals surface area contributed by atoms with Crippen molar-refractivity contribution in [2.75, 3.05) is 0 Å². The molecule has 120 valence electrons. The molecule has 0 radical (unpaired) electrons. The van der Waals surface area contributed by atoms with E-state index in [9.17, 15) is 9.90 Å². The summed E-state index contributed by atoms with van der Waals surface area (Å²) in [4.78, 5) is 11.7. The second-order valence-electron chi connectivity index (χ2n) is 8.27. The Morgan fingerprint density at radius 1 is 1.22 bits per heavy atom. The first-order valence-electron chi connectivity index (χ1n) is 8.68. The van der Waals surface area contributed by atoms with Gasteiger partial charge >= 0.3 is 0 Å². The zero-order valence-electron chi connectivity index (χ0n) is 13.9. The van der Waals surface area contributed by atoms with Crippen LogP contribution in [0.4, 0.5) is 0 Å². The van der Waals surface area contributed by atoms with E-state index in [1.807, 2.05) is 0 Å². The van der Waals surface area contributed by atoms with Crippen LogP contribution in [0.3, 0.4) is 0 Å². The summed E-state index contributed by atoms with van der Waals surface area (Å²) in [6.45, 7) is 4.44. The highest BCUT2D eigenvalue weighted by Gasteiger charge is 2.62. The molecule has 0 spiro atoms. The lowest BCUT2D eigenvalue weighted by Gasteiger charge is -2.55. The van der Waals surface area contributed by atoms with Crippen LogP contribution in [0.15, 0.2) is 36.0 Å². The summed E-state index contributed by atoms with van der Waals surface area (Å²) >= 11 is 0. The molecule has 0 bridgehead atoms. The summed E-state index contributed by atoms with van der Waals surface area (Å²) in [6, 6.07) is 0. The Kier molecular flexibility index (Phi) is 2.92. The van der Waals surface area contributed by atoms with Crippen molar-refractivity contribution >= 4 is 5.78 Å². The molecule has 23 heavy (non-hydrogen) atoms. The number of carbonyl (C=O) groups is 1. The maximum atomic E-state index is 11.7. The third kappa shape index (κ3) is 1.72. The lowest BCUT2D eigenvalue weighted by molar-refractivity contribution is -0.110. The Balaban J connectivity index is 1.77. The number of hydrogen-bond donors (Lipinski definition) is 1. The standard InChI is InChI=1S/C21H24O2/c1-4-21(23)12-9-18-16-6-5-14-13-15(22)7-10-19(14,2)17(16)8-11-20(18,21)3/h1,5-7,10,13,16-18,23H,8-9,11-12H2,2-3H3/t16-,17+,18+,19+,20+,21+/m1/s1. The van der Waals surface area contributed by atoms with E-state index in [1.165, 1.54) is 0 Å². The maximum Gasteiger partial charge on any atom is 0.178 e. The SMILES string of the molecule is C#C[C@]1(O)CC[C@H]2[C@@H]3C=CC4=CC(=O)C=C[C@]4(C)[C@H]3CC[C@@]21C. The van der Waals surface area contributed by atoms with E-state index in [2.05, 4.69) is 38.0 Å². The quantitative estimate of drug-likeness (QED) is 0.696. The molecule has 4 aliphatic rings. The van der Waals surface area contributed by atoms with Gasteiger partial charge in [0.1, 0.15) is 5.60 Å². The van der Waals surface area contributed by atoms with Crippen molar-refractivity contribution in [2.24, 2.45) is 28.6 Å². The molecule has 6 atom stereocenters. The fourth-order valence-electron chi connectivity index (χ4n) is 5.91. The van der Waals surface area contributed by atoms with E-state index in [-0.39, 0.29) is 16.6 Å². The summed E-state index contributed by atoms with van der Waals surface area (Å²) in [5, 5.41) is 10.9. The molecule has 4 aliphatic carbocycles. The molecular formula is C21H24O2. The van der Waals surface area contributed by atoms with Crippen LogP contribution in [0.1, 0.15) is 39.5 Å². The predicted octanol–water partition coefficient (Wildman–Crippen LogP) is 3.43. The van der Waals surface area contributed by atoms with Crippen molar-refractivity contribution in [1.82, 2.24) is 0 Å². The number of terminal acetylenes is 1. The van der Waals surface area contributed by atoms with E-state index in [0.29, 0.717) is 24.2 Å². The van der Waals surface area contributed by atoms with Gasteiger partial charge in [0.05, 0.1) is 0 Å². The Morgan fingerprint density at radius 2 is 1.96 bits per heavy atom. The van der Waals surface area contributed by atoms with Crippen LogP contribution in [0.25, 0.3) is 0 Å². The molecule has 2 nitrogen and oxygen atoms in total. The van der Waals surface area contributed by atoms with Crippen molar-refractivity contribution in [2.45, 2.75) is 45.1 Å². The Morgan fingerprint density at radius 3 is 2.70 bits per heavy atom. The topological polar surface area (TPSA) is 37.3 Å². The molecule has 0 aliphatic heterocycles. The molecule has 0 heterocycles. The summed E-state index contributed by atoms with van der Waals surface area (Å²) in [5.41, 5.74) is -0.0868. The molecule has 0 aromatic heterocycles. The minimum Gasteiger partial charge on any atom is -0.377 e. The monoisotopic (exact) mass is 308 g/mol. The summed E-state index contributed by atoms with van der Waals surface area (Å²) in [5.74, 6) is 4.13. The third-order valence-corrected chi connectivity index (χ3v) is 7.50. The molecule has 2 fully saturated rings. The van der Waals surface area contributed by atoms with Gasteiger partial charge in [0.25, 0.3) is 0 Å². The van der Waals surface area contributed by atoms with Gasteiger partial charge in [-0.05, 0) is 61.2 Å². The van der Waals surface area contributed by atoms with E-state index >= 15 is 0 Å². The van der Waals surface area contributed by atoms with Crippen molar-refractivity contribution in [3.8, 4) is 12.3 Å². The molecule has 0 unspecified atom stereocenters. The molecule has 0 aromatic rings. The van der Waals surface area contributed by atoms with Gasteiger partial charge in [0.15, 0.2) is 5.78 Å². The van der Waals surface area contributed by atoms with Gasteiger partial charge in [0.2, 0.25) is 0 Å². The third-order valence-electron chi connectivity index (χ3n) is 7.50. The number of aliphatic hydroxyl groups is 1. The van der Waals surface area contributed by atoms with Crippen LogP contribution in [0.2, 0.25) is 0 Å². The first-order chi connectivity index (χ1) is 10.8. The van der Waals surface area contributed by atoms with E-state index < -0.39 is 5.60 Å². The minimum atomic E-state index is -0.966. The van der Waals surface area contributed by atoms with Crippen molar-refractivity contribution in [1.29, 1.82) is 0 Å². The molecule has 0 saturated heterocycles. The number of fused-ring (bicyclic) bond motifs is 5. The number of carbonyl (C=O) groups excluding carboxylic acids is 1. The summed E-state index contributed by atoms with van der Waals surface area (Å²) in [6.07, 6.45) is 19.4. The molecule has 0 amide bonds. The smallest absolute Gasteiger partial charge is 0.178 e. The highest BCUT2D eigenvalue weighted by molar-refractivity contribution is 6.01. The van der Waals surface area contributed by atoms with Crippen LogP contribution in [-0.2, 0) is 4.79 Å². The van der Waals surface area contributed by atoms with Gasteiger partial charge < -0.3 is 5.11 Å². The fraction of sp³-hybridized carbons (Fsp3) is 0.571. The average molecular weight is 308 g/mol. The van der Waals surface area contributed by atoms with Gasteiger partial charge in [0, 0.05) is 10.8 Å². The van der Waals surface area contributed by atoms with Crippen LogP contribution in [-0.4, -0.2) is 16.5 Å². The minimum absolute atomic E-state index is 0.0640. The number of allylic oxidation sites excluding steroid dienone is 6. The molecule has 2 saturated carbocycles. The first kappa shape index (κ1) is 15.0. The van der Waals surface area contributed by atoms with E-state index in [4.69, 9.17) is 6.42 Å². The van der Waals surface area contributed by atoms with Crippen LogP contribution in [0, 0.1) is 40.9 Å². The van der Waals surface area contributed by atoms with Crippen LogP contribution in [0.5, 0.6) is 0 Å². The highest BCUT2D eigenvalue weighted by Crippen LogP contribution is 2.65. The molecule has 4 rings (SSSR count). The van der Waals surface area contributed by atoms with Gasteiger partial charge in [-0.25, -0.2) is 0 Å². The summed E-state index contributed by atoms with van der Waals surface area (Å²) < 4.78 is 0. The number of ketones is 1. The summed E-state index contributed by atoms with van der Waals surface area (Å²) in [7, 11) is 0. The van der Waals surface area contributed by atoms with Crippen molar-refractivity contribution in [3.63, 3.8) is 0 Å². The number of rotatable bonds is 0. The van der Waals surface area contributed by atoms with Gasteiger partial charge in [-0.3, -0.25) is 4.79 Å². The highest BCUT2D eigenvalue weighted by atomic mass is 16.3. The zero-order valence-corrected chi connectivity index (χ0v) is 13.9. The maximum absolute atomic E-state index is 11.7. The predicted molar refractivity (Wildman–Crippen MR) is 90.3 cm³/mol.